The molecule has 2 aliphatic heterocycles. The number of carbonyl (C=O) groups excluding carboxylic acids is 1. The molecule has 2 heterocycles. The average molecular weight is 359 g/mol. The van der Waals surface area contributed by atoms with Gasteiger partial charge in [-0.1, -0.05) is 25.1 Å². The summed E-state index contributed by atoms with van der Waals surface area (Å²) in [5.74, 6) is 1.09. The van der Waals surface area contributed by atoms with Crippen LogP contribution in [0.25, 0.3) is 0 Å². The molecule has 1 amide bonds. The maximum atomic E-state index is 12.5. The van der Waals surface area contributed by atoms with Crippen molar-refractivity contribution in [1.29, 1.82) is 0 Å². The fourth-order valence-electron chi connectivity index (χ4n) is 4.02. The first kappa shape index (κ1) is 19.2. The molecule has 0 unspecified atom stereocenters. The summed E-state index contributed by atoms with van der Waals surface area (Å²) >= 11 is 0. The van der Waals surface area contributed by atoms with Crippen LogP contribution in [0.3, 0.4) is 0 Å². The van der Waals surface area contributed by atoms with Crippen LogP contribution < -0.4 is 10.2 Å². The molecule has 0 bridgehead atoms. The highest BCUT2D eigenvalue weighted by molar-refractivity contribution is 5.76. The molecule has 26 heavy (non-hydrogen) atoms. The number of anilines is 1. The fourth-order valence-corrected chi connectivity index (χ4v) is 4.02. The topological polar surface area (TPSA) is 38.8 Å². The van der Waals surface area contributed by atoms with Crippen LogP contribution in [0.1, 0.15) is 26.2 Å². The quantitative estimate of drug-likeness (QED) is 0.810. The van der Waals surface area contributed by atoms with Gasteiger partial charge in [0.15, 0.2) is 0 Å². The summed E-state index contributed by atoms with van der Waals surface area (Å²) in [6, 6.07) is 10.6. The van der Waals surface area contributed by atoms with Gasteiger partial charge >= 0.3 is 0 Å². The Hall–Kier alpha value is -1.59. The lowest BCUT2D eigenvalue weighted by Gasteiger charge is -2.37. The van der Waals surface area contributed by atoms with Crippen LogP contribution in [-0.2, 0) is 4.79 Å². The summed E-state index contributed by atoms with van der Waals surface area (Å²) < 4.78 is 0. The van der Waals surface area contributed by atoms with Crippen molar-refractivity contribution in [2.75, 3.05) is 63.8 Å². The molecule has 1 N–H and O–H groups in total. The smallest absolute Gasteiger partial charge is 0.223 e. The second-order valence-electron chi connectivity index (χ2n) is 7.55. The van der Waals surface area contributed by atoms with Crippen molar-refractivity contribution in [3.8, 4) is 0 Å². The van der Waals surface area contributed by atoms with Crippen molar-refractivity contribution in [2.45, 2.75) is 26.2 Å². The van der Waals surface area contributed by atoms with Gasteiger partial charge in [0.05, 0.1) is 0 Å². The van der Waals surface area contributed by atoms with E-state index < -0.39 is 0 Å². The first-order valence-electron chi connectivity index (χ1n) is 10.3. The van der Waals surface area contributed by atoms with Crippen LogP contribution in [0.15, 0.2) is 30.3 Å². The number of piperazine rings is 1. The predicted molar refractivity (Wildman–Crippen MR) is 108 cm³/mol. The largest absolute Gasteiger partial charge is 0.369 e. The van der Waals surface area contributed by atoms with Gasteiger partial charge in [0, 0.05) is 57.9 Å². The van der Waals surface area contributed by atoms with E-state index in [4.69, 9.17) is 0 Å². The molecule has 1 aromatic carbocycles. The van der Waals surface area contributed by atoms with Gasteiger partial charge in [-0.3, -0.25) is 9.69 Å². The number of rotatable bonds is 7. The van der Waals surface area contributed by atoms with E-state index in [1.807, 2.05) is 0 Å². The molecular formula is C21H34N4O. The minimum absolute atomic E-state index is 0.345. The Morgan fingerprint density at radius 3 is 2.38 bits per heavy atom. The van der Waals surface area contributed by atoms with Gasteiger partial charge in [-0.25, -0.2) is 0 Å². The van der Waals surface area contributed by atoms with Crippen molar-refractivity contribution in [2.24, 2.45) is 5.92 Å². The molecule has 0 radical (unpaired) electrons. The number of benzene rings is 1. The minimum Gasteiger partial charge on any atom is -0.369 e. The Balaban J connectivity index is 1.33. The number of nitrogens with one attached hydrogen (secondary N) is 1. The number of hydrogen-bond acceptors (Lipinski definition) is 4. The van der Waals surface area contributed by atoms with Gasteiger partial charge in [0.25, 0.3) is 0 Å². The Labute approximate surface area is 158 Å². The van der Waals surface area contributed by atoms with Gasteiger partial charge < -0.3 is 15.1 Å². The predicted octanol–water partition coefficient (Wildman–Crippen LogP) is 2.05. The third kappa shape index (κ3) is 5.45. The number of nitrogens with zero attached hydrogens (tertiary/aromatic N) is 3. The lowest BCUT2D eigenvalue weighted by Crippen LogP contribution is -2.48. The summed E-state index contributed by atoms with van der Waals surface area (Å²) in [4.78, 5) is 19.5. The molecule has 0 aromatic heterocycles. The first-order chi connectivity index (χ1) is 12.8. The fraction of sp³-hybridized carbons (Fsp3) is 0.667. The van der Waals surface area contributed by atoms with Crippen molar-refractivity contribution in [3.05, 3.63) is 30.3 Å². The molecule has 5 nitrogen and oxygen atoms in total. The second kappa shape index (κ2) is 9.93. The van der Waals surface area contributed by atoms with E-state index in [0.717, 1.165) is 77.7 Å². The standard InChI is InChI=1S/C21H34N4O/c1-2-22-18-19-8-12-25(13-9-19)21(26)10-11-23-14-16-24(17-15-23)20-6-4-3-5-7-20/h3-7,19,22H,2,8-18H2,1H3. The number of hydrogen-bond donors (Lipinski definition) is 1. The minimum atomic E-state index is 0.345. The molecule has 1 aromatic rings. The number of likely N-dealkylation sites (tertiary alicyclic amines) is 1. The molecule has 5 heteroatoms. The van der Waals surface area contributed by atoms with E-state index in [1.165, 1.54) is 5.69 Å². The molecule has 2 aliphatic rings. The van der Waals surface area contributed by atoms with Gasteiger partial charge in [0.2, 0.25) is 5.91 Å². The summed E-state index contributed by atoms with van der Waals surface area (Å²) in [5, 5.41) is 3.43. The van der Waals surface area contributed by atoms with Crippen molar-refractivity contribution in [3.63, 3.8) is 0 Å². The molecule has 144 valence electrons. The monoisotopic (exact) mass is 358 g/mol. The molecule has 0 aliphatic carbocycles. The second-order valence-corrected chi connectivity index (χ2v) is 7.55. The molecular weight excluding hydrogens is 324 g/mol. The van der Waals surface area contributed by atoms with Gasteiger partial charge in [0.1, 0.15) is 0 Å². The first-order valence-corrected chi connectivity index (χ1v) is 10.3. The van der Waals surface area contributed by atoms with Crippen molar-refractivity contribution < 1.29 is 4.79 Å². The Morgan fingerprint density at radius 1 is 1.04 bits per heavy atom. The van der Waals surface area contributed by atoms with E-state index in [9.17, 15) is 4.79 Å². The van der Waals surface area contributed by atoms with Crippen LogP contribution >= 0.6 is 0 Å². The maximum Gasteiger partial charge on any atom is 0.223 e. The van der Waals surface area contributed by atoms with Crippen LogP contribution in [0.4, 0.5) is 5.69 Å². The Morgan fingerprint density at radius 2 is 1.73 bits per heavy atom. The molecule has 0 atom stereocenters. The van der Waals surface area contributed by atoms with Crippen LogP contribution in [0.2, 0.25) is 0 Å². The van der Waals surface area contributed by atoms with E-state index >= 15 is 0 Å². The number of piperidine rings is 1. The molecule has 3 rings (SSSR count). The number of carbonyl (C=O) groups is 1. The Kier molecular flexibility index (Phi) is 7.32. The average Bonchev–Trinajstić information content (AvgIpc) is 2.72. The van der Waals surface area contributed by atoms with E-state index in [1.54, 1.807) is 0 Å². The number of amides is 1. The summed E-state index contributed by atoms with van der Waals surface area (Å²) in [6.45, 7) is 11.3. The highest BCUT2D eigenvalue weighted by Gasteiger charge is 2.23. The highest BCUT2D eigenvalue weighted by atomic mass is 16.2. The number of para-hydroxylation sites is 1. The third-order valence-electron chi connectivity index (χ3n) is 5.79. The highest BCUT2D eigenvalue weighted by Crippen LogP contribution is 2.18. The van der Waals surface area contributed by atoms with E-state index in [-0.39, 0.29) is 0 Å². The van der Waals surface area contributed by atoms with E-state index in [0.29, 0.717) is 12.3 Å². The molecule has 2 fully saturated rings. The Bertz CT molecular complexity index is 534. The SMILES string of the molecule is CCNCC1CCN(C(=O)CCN2CCN(c3ccccc3)CC2)CC1. The maximum absolute atomic E-state index is 12.5. The zero-order valence-electron chi connectivity index (χ0n) is 16.2. The third-order valence-corrected chi connectivity index (χ3v) is 5.79. The molecule has 2 saturated heterocycles. The van der Waals surface area contributed by atoms with Gasteiger partial charge in [-0.05, 0) is 44.0 Å². The summed E-state index contributed by atoms with van der Waals surface area (Å²) in [6.07, 6.45) is 2.96. The summed E-state index contributed by atoms with van der Waals surface area (Å²) in [7, 11) is 0. The van der Waals surface area contributed by atoms with Gasteiger partial charge in [-0.2, -0.15) is 0 Å². The molecule has 0 spiro atoms. The van der Waals surface area contributed by atoms with E-state index in [2.05, 4.69) is 57.3 Å². The molecule has 0 saturated carbocycles. The van der Waals surface area contributed by atoms with Crippen LogP contribution in [0, 0.1) is 5.92 Å². The van der Waals surface area contributed by atoms with Gasteiger partial charge in [-0.15, -0.1) is 0 Å². The lowest BCUT2D eigenvalue weighted by atomic mass is 9.96. The van der Waals surface area contributed by atoms with Crippen molar-refractivity contribution in [1.82, 2.24) is 15.1 Å². The zero-order valence-corrected chi connectivity index (χ0v) is 16.2. The van der Waals surface area contributed by atoms with Crippen LogP contribution in [-0.4, -0.2) is 74.6 Å². The van der Waals surface area contributed by atoms with Crippen LogP contribution in [0.5, 0.6) is 0 Å². The summed E-state index contributed by atoms with van der Waals surface area (Å²) in [5.41, 5.74) is 1.31. The zero-order chi connectivity index (χ0) is 18.2. The lowest BCUT2D eigenvalue weighted by molar-refractivity contribution is -0.132. The normalized spacial score (nSPS) is 19.7. The van der Waals surface area contributed by atoms with Crippen molar-refractivity contribution >= 4 is 11.6 Å².